The van der Waals surface area contributed by atoms with Crippen LogP contribution in [-0.2, 0) is 9.63 Å². The molecular weight excluding hydrogens is 119 g/mol. The zero-order valence-electron chi connectivity index (χ0n) is 3.33. The lowest BCUT2D eigenvalue weighted by atomic mass is 10.7. The van der Waals surface area contributed by atoms with Crippen LogP contribution in [0.2, 0.25) is 0 Å². The first kappa shape index (κ1) is 6.36. The lowest BCUT2D eigenvalue weighted by molar-refractivity contribution is -0.138. The van der Waals surface area contributed by atoms with E-state index in [0.29, 0.717) is 0 Å². The van der Waals surface area contributed by atoms with Gasteiger partial charge in [0.1, 0.15) is 0 Å². The molecule has 0 N–H and O–H groups in total. The van der Waals surface area contributed by atoms with Gasteiger partial charge in [0.2, 0.25) is 0 Å². The molecule has 0 spiro atoms. The average molecular weight is 123 g/mol. The van der Waals surface area contributed by atoms with Crippen LogP contribution in [0.5, 0.6) is 0 Å². The SMILES string of the molecule is Cl.O=C1CN=NO1. The molecule has 5 heteroatoms. The minimum Gasteiger partial charge on any atom is -0.298 e. The molecule has 40 valence electrons. The van der Waals surface area contributed by atoms with Crippen LogP contribution in [0.1, 0.15) is 0 Å². The Morgan fingerprint density at radius 2 is 2.43 bits per heavy atom. The Kier molecular flexibility index (Phi) is 2.29. The highest BCUT2D eigenvalue weighted by molar-refractivity contribution is 5.85. The molecular formula is C2H3ClN2O2. The first-order valence-electron chi connectivity index (χ1n) is 1.46. The van der Waals surface area contributed by atoms with Gasteiger partial charge in [-0.2, -0.15) is 0 Å². The molecule has 1 heterocycles. The summed E-state index contributed by atoms with van der Waals surface area (Å²) in [6, 6.07) is 0. The van der Waals surface area contributed by atoms with E-state index in [1.54, 1.807) is 0 Å². The average Bonchev–Trinajstić information content (AvgIpc) is 1.86. The molecule has 0 saturated carbocycles. The van der Waals surface area contributed by atoms with Gasteiger partial charge in [-0.25, -0.2) is 4.79 Å². The summed E-state index contributed by atoms with van der Waals surface area (Å²) in [6.07, 6.45) is 0. The summed E-state index contributed by atoms with van der Waals surface area (Å²) < 4.78 is 0. The molecule has 0 aromatic carbocycles. The van der Waals surface area contributed by atoms with Crippen molar-refractivity contribution in [3.8, 4) is 0 Å². The van der Waals surface area contributed by atoms with Crippen molar-refractivity contribution in [3.63, 3.8) is 0 Å². The number of hydrogen-bond donors (Lipinski definition) is 0. The molecule has 1 rings (SSSR count). The number of hydrogen-bond acceptors (Lipinski definition) is 4. The Morgan fingerprint density at radius 3 is 2.57 bits per heavy atom. The standard InChI is InChI=1S/C2H2N2O2.ClH/c5-2-1-3-4-6-2;/h1H2;1H. The van der Waals surface area contributed by atoms with E-state index < -0.39 is 0 Å². The van der Waals surface area contributed by atoms with Crippen molar-refractivity contribution < 1.29 is 9.63 Å². The van der Waals surface area contributed by atoms with Gasteiger partial charge < -0.3 is 0 Å². The van der Waals surface area contributed by atoms with Gasteiger partial charge in [0.05, 0.1) is 0 Å². The number of nitrogens with zero attached hydrogens (tertiary/aromatic N) is 2. The maximum absolute atomic E-state index is 9.83. The van der Waals surface area contributed by atoms with Crippen molar-refractivity contribution in [2.24, 2.45) is 10.4 Å². The highest BCUT2D eigenvalue weighted by Gasteiger charge is 2.05. The Balaban J connectivity index is 0.000000360. The highest BCUT2D eigenvalue weighted by Crippen LogP contribution is 1.90. The fourth-order valence-electron chi connectivity index (χ4n) is 0.190. The van der Waals surface area contributed by atoms with E-state index in [-0.39, 0.29) is 24.9 Å². The molecule has 0 unspecified atom stereocenters. The van der Waals surface area contributed by atoms with E-state index >= 15 is 0 Å². The second-order valence-corrected chi connectivity index (χ2v) is 0.844. The molecule has 0 amide bonds. The third-order valence-corrected chi connectivity index (χ3v) is 0.400. The summed E-state index contributed by atoms with van der Waals surface area (Å²) in [6.45, 7) is 0.0833. The van der Waals surface area contributed by atoms with Gasteiger partial charge in [0.15, 0.2) is 6.54 Å². The van der Waals surface area contributed by atoms with Crippen LogP contribution in [-0.4, -0.2) is 12.5 Å². The molecule has 0 bridgehead atoms. The summed E-state index contributed by atoms with van der Waals surface area (Å²) in [5.41, 5.74) is 0. The summed E-state index contributed by atoms with van der Waals surface area (Å²) >= 11 is 0. The Hall–Kier alpha value is -0.640. The van der Waals surface area contributed by atoms with E-state index in [1.165, 1.54) is 0 Å². The lowest BCUT2D eigenvalue weighted by Gasteiger charge is -1.71. The number of rotatable bonds is 0. The first-order chi connectivity index (χ1) is 2.89. The van der Waals surface area contributed by atoms with Crippen LogP contribution in [0.3, 0.4) is 0 Å². The monoisotopic (exact) mass is 122 g/mol. The van der Waals surface area contributed by atoms with Crippen molar-refractivity contribution in [3.05, 3.63) is 0 Å². The summed E-state index contributed by atoms with van der Waals surface area (Å²) in [4.78, 5) is 13.8. The van der Waals surface area contributed by atoms with Crippen LogP contribution >= 0.6 is 12.4 Å². The third kappa shape index (κ3) is 1.50. The van der Waals surface area contributed by atoms with E-state index in [9.17, 15) is 4.79 Å². The summed E-state index contributed by atoms with van der Waals surface area (Å²) in [5.74, 6) is -0.380. The van der Waals surface area contributed by atoms with Crippen LogP contribution in [0.25, 0.3) is 0 Å². The topological polar surface area (TPSA) is 51.0 Å². The predicted molar refractivity (Wildman–Crippen MR) is 23.1 cm³/mol. The largest absolute Gasteiger partial charge is 0.360 e. The van der Waals surface area contributed by atoms with Crippen molar-refractivity contribution in [2.75, 3.05) is 6.54 Å². The van der Waals surface area contributed by atoms with Gasteiger partial charge in [-0.3, -0.25) is 4.84 Å². The van der Waals surface area contributed by atoms with Gasteiger partial charge in [0.25, 0.3) is 0 Å². The minimum absolute atomic E-state index is 0. The molecule has 7 heavy (non-hydrogen) atoms. The molecule has 0 fully saturated rings. The number of halogens is 1. The third-order valence-electron chi connectivity index (χ3n) is 0.400. The van der Waals surface area contributed by atoms with Crippen molar-refractivity contribution in [2.45, 2.75) is 0 Å². The second kappa shape index (κ2) is 2.52. The van der Waals surface area contributed by atoms with Crippen LogP contribution in [0, 0.1) is 0 Å². The van der Waals surface area contributed by atoms with Gasteiger partial charge in [-0.05, 0) is 0 Å². The molecule has 0 aromatic rings. The normalized spacial score (nSPS) is 15.7. The molecule has 0 radical (unpaired) electrons. The smallest absolute Gasteiger partial charge is 0.298 e. The molecule has 0 atom stereocenters. The van der Waals surface area contributed by atoms with Gasteiger partial charge in [-0.1, -0.05) is 0 Å². The number of carbonyl (C=O) groups excluding carboxylic acids is 1. The van der Waals surface area contributed by atoms with Crippen molar-refractivity contribution in [1.29, 1.82) is 0 Å². The molecule has 4 nitrogen and oxygen atoms in total. The molecule has 0 aliphatic carbocycles. The minimum atomic E-state index is -0.380. The maximum atomic E-state index is 9.83. The van der Waals surface area contributed by atoms with Crippen molar-refractivity contribution >= 4 is 18.4 Å². The highest BCUT2D eigenvalue weighted by atomic mass is 35.5. The van der Waals surface area contributed by atoms with Gasteiger partial charge in [0, 0.05) is 5.28 Å². The van der Waals surface area contributed by atoms with E-state index in [0.717, 1.165) is 0 Å². The molecule has 1 aliphatic heterocycles. The second-order valence-electron chi connectivity index (χ2n) is 0.844. The summed E-state index contributed by atoms with van der Waals surface area (Å²) in [7, 11) is 0. The molecule has 1 aliphatic rings. The van der Waals surface area contributed by atoms with Crippen LogP contribution < -0.4 is 0 Å². The van der Waals surface area contributed by atoms with Gasteiger partial charge >= 0.3 is 5.97 Å². The fourth-order valence-corrected chi connectivity index (χ4v) is 0.190. The van der Waals surface area contributed by atoms with Gasteiger partial charge in [-0.15, -0.1) is 17.5 Å². The Labute approximate surface area is 45.9 Å². The fraction of sp³-hybridized carbons (Fsp3) is 0.500. The first-order valence-corrected chi connectivity index (χ1v) is 1.46. The van der Waals surface area contributed by atoms with E-state index in [1.807, 2.05) is 0 Å². The molecule has 0 saturated heterocycles. The lowest BCUT2D eigenvalue weighted by Crippen LogP contribution is -1.94. The van der Waals surface area contributed by atoms with Crippen LogP contribution in [0.4, 0.5) is 0 Å². The van der Waals surface area contributed by atoms with Crippen LogP contribution in [0.15, 0.2) is 10.4 Å². The quantitative estimate of drug-likeness (QED) is 0.465. The maximum Gasteiger partial charge on any atom is 0.360 e. The van der Waals surface area contributed by atoms with E-state index in [4.69, 9.17) is 0 Å². The Bertz CT molecular complexity index is 91.9. The molecule has 0 aromatic heterocycles. The predicted octanol–water partition coefficient (Wildman–Crippen LogP) is 0.332. The zero-order valence-corrected chi connectivity index (χ0v) is 4.14. The zero-order chi connectivity index (χ0) is 4.41. The van der Waals surface area contributed by atoms with E-state index in [2.05, 4.69) is 15.2 Å². The Morgan fingerprint density at radius 1 is 1.71 bits per heavy atom. The summed E-state index contributed by atoms with van der Waals surface area (Å²) in [5, 5.41) is 6.16. The number of carbonyl (C=O) groups is 1. The van der Waals surface area contributed by atoms with Crippen molar-refractivity contribution in [1.82, 2.24) is 0 Å².